The van der Waals surface area contributed by atoms with E-state index in [1.165, 1.54) is 30.5 Å². The van der Waals surface area contributed by atoms with Gasteiger partial charge in [-0.15, -0.1) is 0 Å². The molecule has 2 N–H and O–H groups in total. The highest BCUT2D eigenvalue weighted by Crippen LogP contribution is 2.44. The second kappa shape index (κ2) is 6.41. The van der Waals surface area contributed by atoms with Crippen molar-refractivity contribution in [1.29, 1.82) is 0 Å². The number of nitrogens with two attached hydrogens (primary N) is 1. The van der Waals surface area contributed by atoms with E-state index in [1.807, 2.05) is 6.07 Å². The molecule has 0 saturated heterocycles. The topological polar surface area (TPSA) is 85.8 Å². The van der Waals surface area contributed by atoms with E-state index in [9.17, 15) is 9.18 Å². The van der Waals surface area contributed by atoms with Crippen molar-refractivity contribution in [3.05, 3.63) is 65.4 Å². The van der Waals surface area contributed by atoms with Gasteiger partial charge in [0.1, 0.15) is 29.5 Å². The van der Waals surface area contributed by atoms with Crippen molar-refractivity contribution < 1.29 is 13.9 Å². The van der Waals surface area contributed by atoms with Crippen LogP contribution in [0.4, 0.5) is 10.2 Å². The monoisotopic (exact) mass is 417 g/mol. The van der Waals surface area contributed by atoms with E-state index < -0.39 is 11.7 Å². The molecule has 6 rings (SSSR count). The van der Waals surface area contributed by atoms with Gasteiger partial charge in [0.15, 0.2) is 0 Å². The maximum atomic E-state index is 14.9. The van der Waals surface area contributed by atoms with Crippen LogP contribution in [0, 0.1) is 5.82 Å². The molecule has 2 aromatic heterocycles. The maximum absolute atomic E-state index is 14.9. The summed E-state index contributed by atoms with van der Waals surface area (Å²) >= 11 is 0. The molecule has 2 aromatic carbocycles. The Bertz CT molecular complexity index is 1380. The number of ether oxygens (including phenoxy) is 1. The number of carbonyl (C=O) groups excluding carboxylic acids is 1. The van der Waals surface area contributed by atoms with Crippen molar-refractivity contribution in [1.82, 2.24) is 19.3 Å². The summed E-state index contributed by atoms with van der Waals surface area (Å²) in [5.41, 5.74) is 9.68. The number of imidazole rings is 1. The van der Waals surface area contributed by atoms with Crippen LogP contribution in [-0.2, 0) is 0 Å². The predicted octanol–water partition coefficient (Wildman–Crippen LogP) is 3.69. The first kappa shape index (κ1) is 18.1. The van der Waals surface area contributed by atoms with E-state index in [2.05, 4.69) is 22.1 Å². The molecule has 0 radical (unpaired) electrons. The molecule has 0 spiro atoms. The molecule has 3 heterocycles. The van der Waals surface area contributed by atoms with Crippen LogP contribution in [0.5, 0.6) is 5.75 Å². The minimum Gasteiger partial charge on any atom is -0.491 e. The standard InChI is InChI=1S/C23H20FN5O2/c1-28(20-10-31-21-6-13(12-2-3-12)4-5-14(20)21)23(30)15-7-18-17(8-16(15)24)27-22(25)19-9-26-11-29(18)19/h4-9,11-12,20H,2-3,10H2,1H3,(H2,25,27)/t20-/m1/s1. The Morgan fingerprint density at radius 1 is 1.26 bits per heavy atom. The average molecular weight is 417 g/mol. The minimum absolute atomic E-state index is 0.0281. The van der Waals surface area contributed by atoms with E-state index in [0.29, 0.717) is 29.1 Å². The third kappa shape index (κ3) is 2.74. The van der Waals surface area contributed by atoms with E-state index >= 15 is 0 Å². The van der Waals surface area contributed by atoms with Crippen LogP contribution in [-0.4, -0.2) is 38.8 Å². The molecule has 7 nitrogen and oxygen atoms in total. The summed E-state index contributed by atoms with van der Waals surface area (Å²) < 4.78 is 22.5. The van der Waals surface area contributed by atoms with Crippen molar-refractivity contribution >= 4 is 28.3 Å². The fourth-order valence-corrected chi connectivity index (χ4v) is 4.39. The number of benzene rings is 2. The molecule has 1 fully saturated rings. The lowest BCUT2D eigenvalue weighted by molar-refractivity contribution is 0.0704. The highest BCUT2D eigenvalue weighted by Gasteiger charge is 2.33. The summed E-state index contributed by atoms with van der Waals surface area (Å²) in [5.74, 6) is 0.636. The van der Waals surface area contributed by atoms with Crippen LogP contribution < -0.4 is 10.5 Å². The summed E-state index contributed by atoms with van der Waals surface area (Å²) in [6.07, 6.45) is 5.59. The molecule has 0 unspecified atom stereocenters. The number of hydrogen-bond acceptors (Lipinski definition) is 5. The molecule has 1 aliphatic heterocycles. The molecule has 1 atom stereocenters. The smallest absolute Gasteiger partial charge is 0.257 e. The van der Waals surface area contributed by atoms with Gasteiger partial charge in [-0.1, -0.05) is 12.1 Å². The van der Waals surface area contributed by atoms with Crippen molar-refractivity contribution in [3.63, 3.8) is 0 Å². The van der Waals surface area contributed by atoms with Crippen molar-refractivity contribution in [2.24, 2.45) is 0 Å². The van der Waals surface area contributed by atoms with Gasteiger partial charge in [0.2, 0.25) is 0 Å². The third-order valence-corrected chi connectivity index (χ3v) is 6.33. The highest BCUT2D eigenvalue weighted by molar-refractivity contribution is 5.98. The molecule has 1 aliphatic carbocycles. The molecule has 8 heteroatoms. The number of rotatable bonds is 3. The molecule has 1 saturated carbocycles. The Kier molecular flexibility index (Phi) is 3.74. The van der Waals surface area contributed by atoms with Gasteiger partial charge in [-0.25, -0.2) is 14.4 Å². The quantitative estimate of drug-likeness (QED) is 0.550. The van der Waals surface area contributed by atoms with Crippen LogP contribution >= 0.6 is 0 Å². The molecule has 2 aliphatic rings. The first-order valence-electron chi connectivity index (χ1n) is 10.3. The van der Waals surface area contributed by atoms with E-state index in [0.717, 1.165) is 11.3 Å². The van der Waals surface area contributed by atoms with Crippen molar-refractivity contribution in [3.8, 4) is 5.75 Å². The lowest BCUT2D eigenvalue weighted by atomic mass is 10.0. The van der Waals surface area contributed by atoms with Gasteiger partial charge in [0.05, 0.1) is 35.2 Å². The van der Waals surface area contributed by atoms with Crippen LogP contribution in [0.1, 0.15) is 46.3 Å². The summed E-state index contributed by atoms with van der Waals surface area (Å²) in [6, 6.07) is 8.70. The molecule has 31 heavy (non-hydrogen) atoms. The average Bonchev–Trinajstić information content (AvgIpc) is 3.33. The first-order chi connectivity index (χ1) is 15.0. The lowest BCUT2D eigenvalue weighted by Gasteiger charge is -2.24. The van der Waals surface area contributed by atoms with E-state index in [-0.39, 0.29) is 17.4 Å². The number of fused-ring (bicyclic) bond motifs is 4. The minimum atomic E-state index is -0.640. The van der Waals surface area contributed by atoms with Gasteiger partial charge in [-0.3, -0.25) is 9.20 Å². The second-order valence-electron chi connectivity index (χ2n) is 8.28. The first-order valence-corrected chi connectivity index (χ1v) is 10.3. The SMILES string of the molecule is CN(C(=O)c1cc2c(cc1F)nc(N)c1cncn12)[C@@H]1COc2cc(C3CC3)ccc21. The van der Waals surface area contributed by atoms with Crippen LogP contribution in [0.15, 0.2) is 42.9 Å². The van der Waals surface area contributed by atoms with Crippen LogP contribution in [0.3, 0.4) is 0 Å². The summed E-state index contributed by atoms with van der Waals surface area (Å²) in [6.45, 7) is 0.352. The highest BCUT2D eigenvalue weighted by atomic mass is 19.1. The zero-order valence-corrected chi connectivity index (χ0v) is 16.9. The number of anilines is 1. The van der Waals surface area contributed by atoms with E-state index in [1.54, 1.807) is 28.9 Å². The Morgan fingerprint density at radius 3 is 2.90 bits per heavy atom. The zero-order chi connectivity index (χ0) is 21.3. The van der Waals surface area contributed by atoms with Gasteiger partial charge in [-0.2, -0.15) is 0 Å². The Morgan fingerprint density at radius 2 is 2.10 bits per heavy atom. The fraction of sp³-hybridized carbons (Fsp3) is 0.261. The number of likely N-dealkylation sites (N-methyl/N-ethyl adjacent to an activating group) is 1. The Hall–Kier alpha value is -3.68. The predicted molar refractivity (Wildman–Crippen MR) is 114 cm³/mol. The number of nitrogen functional groups attached to an aromatic ring is 1. The fourth-order valence-electron chi connectivity index (χ4n) is 4.39. The van der Waals surface area contributed by atoms with Crippen LogP contribution in [0.25, 0.3) is 16.6 Å². The Labute approximate surface area is 177 Å². The van der Waals surface area contributed by atoms with E-state index in [4.69, 9.17) is 10.5 Å². The third-order valence-electron chi connectivity index (χ3n) is 6.33. The number of halogens is 1. The van der Waals surface area contributed by atoms with Gasteiger partial charge in [-0.05, 0) is 36.5 Å². The van der Waals surface area contributed by atoms with Crippen molar-refractivity contribution in [2.75, 3.05) is 19.4 Å². The second-order valence-corrected chi connectivity index (χ2v) is 8.28. The summed E-state index contributed by atoms with van der Waals surface area (Å²) in [7, 11) is 1.68. The van der Waals surface area contributed by atoms with Gasteiger partial charge in [0, 0.05) is 18.7 Å². The van der Waals surface area contributed by atoms with Gasteiger partial charge < -0.3 is 15.4 Å². The molecule has 156 valence electrons. The maximum Gasteiger partial charge on any atom is 0.257 e. The summed E-state index contributed by atoms with van der Waals surface area (Å²) in [4.78, 5) is 23.2. The van der Waals surface area contributed by atoms with Gasteiger partial charge >= 0.3 is 0 Å². The number of aromatic nitrogens is 3. The largest absolute Gasteiger partial charge is 0.491 e. The van der Waals surface area contributed by atoms with Crippen LogP contribution in [0.2, 0.25) is 0 Å². The summed E-state index contributed by atoms with van der Waals surface area (Å²) in [5, 5.41) is 0. The Balaban J connectivity index is 1.38. The van der Waals surface area contributed by atoms with Crippen molar-refractivity contribution in [2.45, 2.75) is 24.8 Å². The number of hydrogen-bond donors (Lipinski definition) is 1. The molecule has 0 bridgehead atoms. The molecular formula is C23H20FN5O2. The normalized spacial score (nSPS) is 17.7. The lowest BCUT2D eigenvalue weighted by Crippen LogP contribution is -2.32. The van der Waals surface area contributed by atoms with Gasteiger partial charge in [0.25, 0.3) is 5.91 Å². The molecule has 4 aromatic rings. The number of carbonyl (C=O) groups is 1. The zero-order valence-electron chi connectivity index (χ0n) is 16.9. The molecular weight excluding hydrogens is 397 g/mol. The molecule has 1 amide bonds. The number of nitrogens with zero attached hydrogens (tertiary/aromatic N) is 4. The number of amides is 1.